The van der Waals surface area contributed by atoms with Gasteiger partial charge in [0, 0.05) is 12.4 Å². The van der Waals surface area contributed by atoms with Crippen molar-refractivity contribution < 1.29 is 9.53 Å². The van der Waals surface area contributed by atoms with Crippen LogP contribution in [0, 0.1) is 0 Å². The highest BCUT2D eigenvalue weighted by molar-refractivity contribution is 5.87. The number of imidazole rings is 1. The van der Waals surface area contributed by atoms with Crippen LogP contribution in [-0.2, 0) is 4.74 Å². The molecule has 15 heavy (non-hydrogen) atoms. The molecular weight excluding hydrogens is 196 g/mol. The van der Waals surface area contributed by atoms with E-state index in [4.69, 9.17) is 0 Å². The van der Waals surface area contributed by atoms with Crippen molar-refractivity contribution in [3.05, 3.63) is 30.5 Å². The van der Waals surface area contributed by atoms with Gasteiger partial charge in [-0.3, -0.25) is 4.98 Å². The first-order valence-electron chi connectivity index (χ1n) is 4.21. The molecule has 0 aliphatic heterocycles. The molecule has 0 atom stereocenters. The summed E-state index contributed by atoms with van der Waals surface area (Å²) in [5, 5.41) is 0. The number of hydrogen-bond donors (Lipinski definition) is 1. The molecule has 2 heterocycles. The highest BCUT2D eigenvalue weighted by Gasteiger charge is 2.10. The van der Waals surface area contributed by atoms with Crippen LogP contribution in [0.4, 0.5) is 0 Å². The lowest BCUT2D eigenvalue weighted by Gasteiger charge is -1.94. The van der Waals surface area contributed by atoms with Gasteiger partial charge >= 0.3 is 5.97 Å². The maximum atomic E-state index is 11.1. The number of H-pyrrole nitrogens is 1. The number of carbonyl (C=O) groups is 1. The van der Waals surface area contributed by atoms with Crippen LogP contribution in [0.2, 0.25) is 0 Å². The zero-order valence-electron chi connectivity index (χ0n) is 7.97. The average molecular weight is 204 g/mol. The van der Waals surface area contributed by atoms with Crippen LogP contribution in [0.5, 0.6) is 0 Å². The molecule has 76 valence electrons. The number of hydrogen-bond acceptors (Lipinski definition) is 5. The van der Waals surface area contributed by atoms with Crippen molar-refractivity contribution >= 4 is 5.97 Å². The third-order valence-electron chi connectivity index (χ3n) is 1.79. The summed E-state index contributed by atoms with van der Waals surface area (Å²) in [4.78, 5) is 25.9. The van der Waals surface area contributed by atoms with Gasteiger partial charge in [-0.1, -0.05) is 0 Å². The minimum absolute atomic E-state index is 0.290. The number of aromatic nitrogens is 4. The van der Waals surface area contributed by atoms with E-state index >= 15 is 0 Å². The molecule has 0 aliphatic rings. The second-order valence-electron chi connectivity index (χ2n) is 2.73. The summed E-state index contributed by atoms with van der Waals surface area (Å²) in [6, 6.07) is 0. The Kier molecular flexibility index (Phi) is 2.40. The van der Waals surface area contributed by atoms with E-state index in [1.165, 1.54) is 13.3 Å². The lowest BCUT2D eigenvalue weighted by atomic mass is 10.4. The monoisotopic (exact) mass is 204 g/mol. The molecule has 2 rings (SSSR count). The lowest BCUT2D eigenvalue weighted by molar-refractivity contribution is 0.0595. The minimum atomic E-state index is -0.461. The molecule has 0 unspecified atom stereocenters. The van der Waals surface area contributed by atoms with E-state index < -0.39 is 5.97 Å². The van der Waals surface area contributed by atoms with Gasteiger partial charge in [0.1, 0.15) is 11.4 Å². The highest BCUT2D eigenvalue weighted by Crippen LogP contribution is 2.10. The van der Waals surface area contributed by atoms with Crippen LogP contribution >= 0.6 is 0 Å². The molecule has 0 spiro atoms. The fourth-order valence-corrected chi connectivity index (χ4v) is 1.09. The molecule has 0 amide bonds. The number of ether oxygens (including phenoxy) is 1. The van der Waals surface area contributed by atoms with Gasteiger partial charge in [-0.25, -0.2) is 14.8 Å². The van der Waals surface area contributed by atoms with Gasteiger partial charge in [-0.2, -0.15) is 0 Å². The Hall–Kier alpha value is -2.24. The van der Waals surface area contributed by atoms with Crippen LogP contribution in [0.15, 0.2) is 24.8 Å². The fourth-order valence-electron chi connectivity index (χ4n) is 1.09. The van der Waals surface area contributed by atoms with Crippen molar-refractivity contribution in [3.63, 3.8) is 0 Å². The fraction of sp³-hybridized carbons (Fsp3) is 0.111. The van der Waals surface area contributed by atoms with E-state index in [1.54, 1.807) is 18.6 Å². The van der Waals surface area contributed by atoms with Gasteiger partial charge in [0.2, 0.25) is 0 Å². The number of aromatic amines is 1. The van der Waals surface area contributed by atoms with Crippen molar-refractivity contribution in [1.82, 2.24) is 19.9 Å². The van der Waals surface area contributed by atoms with E-state index in [0.29, 0.717) is 11.5 Å². The highest BCUT2D eigenvalue weighted by atomic mass is 16.5. The van der Waals surface area contributed by atoms with Crippen molar-refractivity contribution in [2.45, 2.75) is 0 Å². The normalized spacial score (nSPS) is 9.93. The summed E-state index contributed by atoms with van der Waals surface area (Å²) in [7, 11) is 1.31. The van der Waals surface area contributed by atoms with Gasteiger partial charge in [0.25, 0.3) is 0 Å². The predicted octanol–water partition coefficient (Wildman–Crippen LogP) is 0.653. The van der Waals surface area contributed by atoms with E-state index in [0.717, 1.165) is 0 Å². The second kappa shape index (κ2) is 3.87. The second-order valence-corrected chi connectivity index (χ2v) is 2.73. The molecular formula is C9H8N4O2. The van der Waals surface area contributed by atoms with Crippen molar-refractivity contribution in [3.8, 4) is 11.5 Å². The van der Waals surface area contributed by atoms with Gasteiger partial charge in [0.05, 0.1) is 19.5 Å². The smallest absolute Gasteiger partial charge is 0.356 e. The van der Waals surface area contributed by atoms with E-state index in [2.05, 4.69) is 24.7 Å². The Bertz CT molecular complexity index is 466. The molecule has 0 aliphatic carbocycles. The first-order chi connectivity index (χ1) is 7.31. The van der Waals surface area contributed by atoms with E-state index in [1.807, 2.05) is 0 Å². The zero-order chi connectivity index (χ0) is 10.7. The number of methoxy groups -OCH3 is 1. The molecule has 6 nitrogen and oxygen atoms in total. The Morgan fingerprint density at radius 3 is 2.87 bits per heavy atom. The van der Waals surface area contributed by atoms with Gasteiger partial charge in [-0.05, 0) is 0 Å². The maximum absolute atomic E-state index is 11.1. The molecule has 0 bridgehead atoms. The van der Waals surface area contributed by atoms with Crippen molar-refractivity contribution in [2.75, 3.05) is 7.11 Å². The molecule has 0 saturated heterocycles. The Morgan fingerprint density at radius 2 is 2.20 bits per heavy atom. The number of carbonyl (C=O) groups excluding carboxylic acids is 1. The summed E-state index contributed by atoms with van der Waals surface area (Å²) in [6.45, 7) is 0. The van der Waals surface area contributed by atoms with Crippen molar-refractivity contribution in [1.29, 1.82) is 0 Å². The van der Waals surface area contributed by atoms with Crippen LogP contribution < -0.4 is 0 Å². The van der Waals surface area contributed by atoms with Crippen LogP contribution in [0.3, 0.4) is 0 Å². The molecule has 1 N–H and O–H groups in total. The Balaban J connectivity index is 2.32. The number of nitrogens with zero attached hydrogens (tertiary/aromatic N) is 3. The average Bonchev–Trinajstić information content (AvgIpc) is 2.78. The third kappa shape index (κ3) is 1.83. The lowest BCUT2D eigenvalue weighted by Crippen LogP contribution is -2.01. The van der Waals surface area contributed by atoms with Gasteiger partial charge in [0.15, 0.2) is 5.82 Å². The summed E-state index contributed by atoms with van der Waals surface area (Å²) >= 11 is 0. The summed E-state index contributed by atoms with van der Waals surface area (Å²) < 4.78 is 4.54. The van der Waals surface area contributed by atoms with Crippen LogP contribution in [0.1, 0.15) is 10.5 Å². The maximum Gasteiger partial charge on any atom is 0.356 e. The molecule has 0 aromatic carbocycles. The first-order valence-corrected chi connectivity index (χ1v) is 4.21. The molecule has 0 saturated carbocycles. The van der Waals surface area contributed by atoms with Crippen molar-refractivity contribution in [2.24, 2.45) is 0 Å². The molecule has 0 fully saturated rings. The topological polar surface area (TPSA) is 80.8 Å². The van der Waals surface area contributed by atoms with Gasteiger partial charge < -0.3 is 9.72 Å². The molecule has 2 aromatic heterocycles. The SMILES string of the molecule is COC(=O)c1cnc(-c2cnccn2)[nH]1. The third-order valence-corrected chi connectivity index (χ3v) is 1.79. The largest absolute Gasteiger partial charge is 0.464 e. The molecule has 2 aromatic rings. The predicted molar refractivity (Wildman–Crippen MR) is 51.0 cm³/mol. The standard InChI is InChI=1S/C9H8N4O2/c1-15-9(14)7-5-12-8(13-7)6-4-10-2-3-11-6/h2-5H,1H3,(H,12,13). The zero-order valence-corrected chi connectivity index (χ0v) is 7.97. The molecule has 6 heteroatoms. The first kappa shape index (κ1) is 9.32. The summed E-state index contributed by atoms with van der Waals surface area (Å²) in [5.41, 5.74) is 0.866. The summed E-state index contributed by atoms with van der Waals surface area (Å²) in [6.07, 6.45) is 6.07. The number of esters is 1. The number of rotatable bonds is 2. The Labute approximate surface area is 85.4 Å². The van der Waals surface area contributed by atoms with Gasteiger partial charge in [-0.15, -0.1) is 0 Å². The minimum Gasteiger partial charge on any atom is -0.464 e. The van der Waals surface area contributed by atoms with Crippen LogP contribution in [0.25, 0.3) is 11.5 Å². The number of nitrogens with one attached hydrogen (secondary N) is 1. The van der Waals surface area contributed by atoms with E-state index in [9.17, 15) is 4.79 Å². The van der Waals surface area contributed by atoms with Crippen LogP contribution in [-0.4, -0.2) is 33.0 Å². The summed E-state index contributed by atoms with van der Waals surface area (Å²) in [5.74, 6) is 0.0288. The molecule has 0 radical (unpaired) electrons. The Morgan fingerprint density at radius 1 is 1.33 bits per heavy atom. The quantitative estimate of drug-likeness (QED) is 0.726. The van der Waals surface area contributed by atoms with E-state index in [-0.39, 0.29) is 5.69 Å².